The van der Waals surface area contributed by atoms with Crippen LogP contribution in [-0.2, 0) is 6.42 Å². The molecule has 166 valence electrons. The van der Waals surface area contributed by atoms with Crippen LogP contribution >= 0.6 is 11.8 Å². The number of nitrogens with two attached hydrogens (primary N) is 1. The Bertz CT molecular complexity index is 1120. The zero-order valence-electron chi connectivity index (χ0n) is 16.9. The number of pyridine rings is 1. The van der Waals surface area contributed by atoms with E-state index in [4.69, 9.17) is 5.73 Å². The number of thioether (sulfide) groups is 1. The van der Waals surface area contributed by atoms with Crippen molar-refractivity contribution in [1.29, 1.82) is 0 Å². The van der Waals surface area contributed by atoms with Crippen molar-refractivity contribution in [3.05, 3.63) is 53.5 Å². The van der Waals surface area contributed by atoms with E-state index in [0.717, 1.165) is 29.6 Å². The normalized spacial score (nSPS) is 14.0. The maximum Gasteiger partial charge on any atom is 0.418 e. The molecule has 4 nitrogen and oxygen atoms in total. The number of aliphatic hydroxyl groups is 1. The van der Waals surface area contributed by atoms with Crippen molar-refractivity contribution in [1.82, 2.24) is 4.98 Å². The molecule has 2 aromatic carbocycles. The summed E-state index contributed by atoms with van der Waals surface area (Å²) in [6.07, 6.45) is -5.79. The number of hydrogen-bond donors (Lipinski definition) is 3. The molecule has 0 saturated heterocycles. The van der Waals surface area contributed by atoms with Gasteiger partial charge in [0.05, 0.1) is 5.52 Å². The van der Waals surface area contributed by atoms with Crippen molar-refractivity contribution in [2.24, 2.45) is 0 Å². The van der Waals surface area contributed by atoms with Gasteiger partial charge in [0, 0.05) is 34.5 Å². The monoisotopic (exact) mass is 454 g/mol. The predicted molar refractivity (Wildman–Crippen MR) is 116 cm³/mol. The van der Waals surface area contributed by atoms with E-state index in [9.17, 15) is 27.8 Å². The molecule has 0 aliphatic rings. The van der Waals surface area contributed by atoms with Gasteiger partial charge in [-0.1, -0.05) is 13.0 Å². The lowest BCUT2D eigenvalue weighted by Crippen LogP contribution is -2.49. The second kappa shape index (κ2) is 8.55. The molecular formula is C22H22F4N2O2S. The number of phenolic OH excluding ortho intramolecular Hbond substituents is 1. The lowest BCUT2D eigenvalue weighted by Gasteiger charge is -2.31. The molecule has 0 fully saturated rings. The van der Waals surface area contributed by atoms with E-state index in [1.54, 1.807) is 31.2 Å². The standard InChI is InChI=1S/C22H22F4N2O2S/c1-3-31-11-21(30,22(24,25)26)10-13-8-19(29)17(23)9-16(13)14-6-7-18-15(20(14)27)5-4-12(2)28-18/h4-9,29-30H,3,10-11,27H2,1-2H3. The number of rotatable bonds is 6. The van der Waals surface area contributed by atoms with Gasteiger partial charge in [0.15, 0.2) is 17.2 Å². The van der Waals surface area contributed by atoms with Gasteiger partial charge in [-0.15, -0.1) is 0 Å². The molecule has 4 N–H and O–H groups in total. The van der Waals surface area contributed by atoms with Crippen LogP contribution in [0.2, 0.25) is 0 Å². The van der Waals surface area contributed by atoms with Crippen LogP contribution in [0.15, 0.2) is 36.4 Å². The van der Waals surface area contributed by atoms with Crippen molar-refractivity contribution >= 4 is 28.4 Å². The van der Waals surface area contributed by atoms with Gasteiger partial charge in [-0.3, -0.25) is 4.98 Å². The first-order chi connectivity index (χ1) is 14.5. The molecule has 1 heterocycles. The topological polar surface area (TPSA) is 79.4 Å². The fourth-order valence-corrected chi connectivity index (χ4v) is 4.19. The Balaban J connectivity index is 2.19. The number of anilines is 1. The van der Waals surface area contributed by atoms with Gasteiger partial charge in [-0.2, -0.15) is 24.9 Å². The Hall–Kier alpha value is -2.52. The van der Waals surface area contributed by atoms with Crippen LogP contribution in [-0.4, -0.2) is 38.5 Å². The summed E-state index contributed by atoms with van der Waals surface area (Å²) in [4.78, 5) is 4.37. The van der Waals surface area contributed by atoms with Gasteiger partial charge in [-0.05, 0) is 54.1 Å². The van der Waals surface area contributed by atoms with Crippen molar-refractivity contribution < 1.29 is 27.8 Å². The molecule has 0 radical (unpaired) electrons. The molecule has 0 amide bonds. The van der Waals surface area contributed by atoms with E-state index in [1.807, 2.05) is 6.92 Å². The minimum absolute atomic E-state index is 0.0680. The van der Waals surface area contributed by atoms with E-state index in [-0.39, 0.29) is 16.8 Å². The van der Waals surface area contributed by atoms with E-state index in [0.29, 0.717) is 22.2 Å². The fourth-order valence-electron chi connectivity index (χ4n) is 3.38. The van der Waals surface area contributed by atoms with Gasteiger partial charge in [0.25, 0.3) is 0 Å². The van der Waals surface area contributed by atoms with Gasteiger partial charge in [-0.25, -0.2) is 4.39 Å². The number of halogens is 4. The molecule has 0 saturated carbocycles. The lowest BCUT2D eigenvalue weighted by atomic mass is 9.88. The van der Waals surface area contributed by atoms with Crippen molar-refractivity contribution in [3.8, 4) is 16.9 Å². The summed E-state index contributed by atoms with van der Waals surface area (Å²) in [7, 11) is 0. The third-order valence-electron chi connectivity index (χ3n) is 5.07. The quantitative estimate of drug-likeness (QED) is 0.351. The second-order valence-electron chi connectivity index (χ2n) is 7.35. The molecule has 0 aliphatic heterocycles. The minimum atomic E-state index is -4.92. The smallest absolute Gasteiger partial charge is 0.418 e. The number of nitrogens with zero attached hydrogens (tertiary/aromatic N) is 1. The van der Waals surface area contributed by atoms with Gasteiger partial charge in [0.1, 0.15) is 0 Å². The minimum Gasteiger partial charge on any atom is -0.505 e. The molecule has 1 atom stereocenters. The van der Waals surface area contributed by atoms with Gasteiger partial charge >= 0.3 is 6.18 Å². The highest BCUT2D eigenvalue weighted by Gasteiger charge is 2.53. The van der Waals surface area contributed by atoms with Gasteiger partial charge < -0.3 is 15.9 Å². The van der Waals surface area contributed by atoms with Gasteiger partial charge in [0.2, 0.25) is 0 Å². The summed E-state index contributed by atoms with van der Waals surface area (Å²) < 4.78 is 55.4. The Labute approximate surface area is 181 Å². The SMILES string of the molecule is CCSCC(O)(Cc1cc(O)c(F)cc1-c1ccc2nc(C)ccc2c1N)C(F)(F)F. The number of nitrogen functional groups attached to an aromatic ring is 1. The average Bonchev–Trinajstić information content (AvgIpc) is 2.68. The molecule has 3 rings (SSSR count). The number of aromatic hydroxyl groups is 1. The maximum absolute atomic E-state index is 14.2. The highest BCUT2D eigenvalue weighted by molar-refractivity contribution is 7.99. The van der Waals surface area contributed by atoms with Crippen molar-refractivity contribution in [3.63, 3.8) is 0 Å². The summed E-state index contributed by atoms with van der Waals surface area (Å²) >= 11 is 0.937. The summed E-state index contributed by atoms with van der Waals surface area (Å²) in [6, 6.07) is 8.52. The van der Waals surface area contributed by atoms with Crippen molar-refractivity contribution in [2.75, 3.05) is 17.2 Å². The summed E-state index contributed by atoms with van der Waals surface area (Å²) in [5.74, 6) is -2.02. The first kappa shape index (κ1) is 23.1. The van der Waals surface area contributed by atoms with E-state index >= 15 is 0 Å². The summed E-state index contributed by atoms with van der Waals surface area (Å²) in [5, 5.41) is 20.9. The van der Waals surface area contributed by atoms with Crippen LogP contribution in [0.3, 0.4) is 0 Å². The lowest BCUT2D eigenvalue weighted by molar-refractivity contribution is -0.249. The summed E-state index contributed by atoms with van der Waals surface area (Å²) in [6.45, 7) is 3.49. The molecular weight excluding hydrogens is 432 g/mol. The van der Waals surface area contributed by atoms with E-state index in [1.165, 1.54) is 0 Å². The number of benzene rings is 2. The van der Waals surface area contributed by atoms with Crippen LogP contribution in [0.4, 0.5) is 23.2 Å². The molecule has 1 unspecified atom stereocenters. The molecule has 0 spiro atoms. The fraction of sp³-hybridized carbons (Fsp3) is 0.318. The average molecular weight is 454 g/mol. The Morgan fingerprint density at radius 3 is 2.45 bits per heavy atom. The summed E-state index contributed by atoms with van der Waals surface area (Å²) in [5.41, 5.74) is 5.08. The highest BCUT2D eigenvalue weighted by Crippen LogP contribution is 2.41. The molecule has 0 bridgehead atoms. The number of alkyl halides is 3. The molecule has 9 heteroatoms. The Morgan fingerprint density at radius 2 is 1.81 bits per heavy atom. The first-order valence-corrected chi connectivity index (χ1v) is 10.7. The number of aryl methyl sites for hydroxylation is 1. The third-order valence-corrected chi connectivity index (χ3v) is 6.16. The van der Waals surface area contributed by atoms with Crippen molar-refractivity contribution in [2.45, 2.75) is 32.0 Å². The predicted octanol–water partition coefficient (Wildman–Crippen LogP) is 5.23. The number of hydrogen-bond acceptors (Lipinski definition) is 5. The largest absolute Gasteiger partial charge is 0.505 e. The van der Waals surface area contributed by atoms with E-state index < -0.39 is 35.5 Å². The third kappa shape index (κ3) is 4.57. The molecule has 1 aromatic heterocycles. The number of fused-ring (bicyclic) bond motifs is 1. The molecule has 0 aliphatic carbocycles. The zero-order valence-corrected chi connectivity index (χ0v) is 17.7. The Kier molecular flexibility index (Phi) is 6.38. The number of aromatic nitrogens is 1. The first-order valence-electron chi connectivity index (χ1n) is 9.51. The number of phenols is 1. The van der Waals surface area contributed by atoms with Crippen LogP contribution < -0.4 is 5.73 Å². The zero-order chi connectivity index (χ0) is 23.0. The van der Waals surface area contributed by atoms with Crippen LogP contribution in [0, 0.1) is 12.7 Å². The van der Waals surface area contributed by atoms with Crippen LogP contribution in [0.1, 0.15) is 18.2 Å². The van der Waals surface area contributed by atoms with Crippen LogP contribution in [0.25, 0.3) is 22.0 Å². The molecule has 31 heavy (non-hydrogen) atoms. The second-order valence-corrected chi connectivity index (χ2v) is 8.62. The maximum atomic E-state index is 14.2. The van der Waals surface area contributed by atoms with E-state index in [2.05, 4.69) is 4.98 Å². The highest BCUT2D eigenvalue weighted by atomic mass is 32.2. The van der Waals surface area contributed by atoms with Crippen LogP contribution in [0.5, 0.6) is 5.75 Å². The molecule has 3 aromatic rings. The Morgan fingerprint density at radius 1 is 1.10 bits per heavy atom.